The first-order valence-electron chi connectivity index (χ1n) is 8.32. The van der Waals surface area contributed by atoms with Gasteiger partial charge in [0.05, 0.1) is 12.1 Å². The predicted molar refractivity (Wildman–Crippen MR) is 99.4 cm³/mol. The quantitative estimate of drug-likeness (QED) is 0.628. The Balaban J connectivity index is 3.15. The van der Waals surface area contributed by atoms with Crippen LogP contribution < -0.4 is 4.74 Å². The van der Waals surface area contributed by atoms with Crippen molar-refractivity contribution in [3.8, 4) is 5.75 Å². The second kappa shape index (κ2) is 9.61. The van der Waals surface area contributed by atoms with Gasteiger partial charge in [0.1, 0.15) is 10.6 Å². The van der Waals surface area contributed by atoms with Crippen LogP contribution in [0.2, 0.25) is 5.02 Å². The molecule has 0 radical (unpaired) electrons. The summed E-state index contributed by atoms with van der Waals surface area (Å²) in [4.78, 5) is 2.31. The van der Waals surface area contributed by atoms with Crippen LogP contribution in [0.4, 0.5) is 0 Å². The summed E-state index contributed by atoms with van der Waals surface area (Å²) in [6.07, 6.45) is 0. The van der Waals surface area contributed by atoms with E-state index in [2.05, 4.69) is 18.7 Å². The van der Waals surface area contributed by atoms with Crippen molar-refractivity contribution in [2.45, 2.75) is 32.6 Å². The molecule has 0 atom stereocenters. The Morgan fingerprint density at radius 2 is 1.79 bits per heavy atom. The van der Waals surface area contributed by atoms with E-state index >= 15 is 0 Å². The van der Waals surface area contributed by atoms with Crippen molar-refractivity contribution in [2.24, 2.45) is 5.92 Å². The molecule has 1 aromatic carbocycles. The number of methoxy groups -OCH3 is 1. The number of sulfonamides is 1. The first-order valence-corrected chi connectivity index (χ1v) is 10.1. The summed E-state index contributed by atoms with van der Waals surface area (Å²) in [6.45, 7) is 11.5. The Hall–Kier alpha value is -0.820. The van der Waals surface area contributed by atoms with E-state index in [1.165, 1.54) is 17.5 Å². The molecule has 1 rings (SSSR count). The molecule has 0 aliphatic rings. The Labute approximate surface area is 151 Å². The number of likely N-dealkylation sites (N-methyl/N-ethyl adjacent to an activating group) is 1. The average molecular weight is 377 g/mol. The van der Waals surface area contributed by atoms with E-state index in [1.807, 2.05) is 13.8 Å². The Morgan fingerprint density at radius 1 is 1.17 bits per heavy atom. The molecule has 0 bridgehead atoms. The van der Waals surface area contributed by atoms with Crippen LogP contribution >= 0.6 is 11.6 Å². The molecule has 0 saturated heterocycles. The van der Waals surface area contributed by atoms with Gasteiger partial charge in [0.15, 0.2) is 0 Å². The highest BCUT2D eigenvalue weighted by Gasteiger charge is 2.28. The Bertz CT molecular complexity index is 616. The lowest BCUT2D eigenvalue weighted by molar-refractivity contribution is 0.262. The van der Waals surface area contributed by atoms with Crippen molar-refractivity contribution in [1.29, 1.82) is 0 Å². The fourth-order valence-electron chi connectivity index (χ4n) is 2.46. The number of ether oxygens (including phenoxy) is 1. The van der Waals surface area contributed by atoms with E-state index < -0.39 is 10.0 Å². The lowest BCUT2D eigenvalue weighted by atomic mass is 10.2. The molecule has 7 heteroatoms. The molecule has 0 aromatic heterocycles. The van der Waals surface area contributed by atoms with E-state index in [1.54, 1.807) is 12.1 Å². The third-order valence-electron chi connectivity index (χ3n) is 3.89. The van der Waals surface area contributed by atoms with E-state index in [-0.39, 0.29) is 15.8 Å². The van der Waals surface area contributed by atoms with Crippen LogP contribution in [0.15, 0.2) is 23.1 Å². The minimum Gasteiger partial charge on any atom is -0.497 e. The van der Waals surface area contributed by atoms with Crippen LogP contribution in [-0.4, -0.2) is 57.5 Å². The molecule has 0 aliphatic heterocycles. The van der Waals surface area contributed by atoms with Gasteiger partial charge in [-0.25, -0.2) is 8.42 Å². The van der Waals surface area contributed by atoms with Crippen LogP contribution in [0.5, 0.6) is 5.75 Å². The van der Waals surface area contributed by atoms with E-state index in [4.69, 9.17) is 16.3 Å². The standard InChI is InChI=1S/C17H29ClN2O3S/c1-6-19(7-2)10-11-20(13-14(3)4)24(21,22)17-12-15(23-5)8-9-16(17)18/h8-9,12,14H,6-7,10-11,13H2,1-5H3. The van der Waals surface area contributed by atoms with Gasteiger partial charge in [0.25, 0.3) is 0 Å². The summed E-state index contributed by atoms with van der Waals surface area (Å²) >= 11 is 6.16. The Kier molecular flexibility index (Phi) is 8.50. The summed E-state index contributed by atoms with van der Waals surface area (Å²) in [5, 5.41) is 0.215. The van der Waals surface area contributed by atoms with Crippen LogP contribution in [0.25, 0.3) is 0 Å². The lowest BCUT2D eigenvalue weighted by Crippen LogP contribution is -2.40. The topological polar surface area (TPSA) is 49.9 Å². The Morgan fingerprint density at radius 3 is 2.29 bits per heavy atom. The molecule has 0 amide bonds. The second-order valence-electron chi connectivity index (χ2n) is 6.08. The molecule has 0 heterocycles. The monoisotopic (exact) mass is 376 g/mol. The maximum atomic E-state index is 13.1. The molecule has 0 spiro atoms. The molecule has 0 unspecified atom stereocenters. The van der Waals surface area contributed by atoms with Crippen molar-refractivity contribution in [3.63, 3.8) is 0 Å². The van der Waals surface area contributed by atoms with E-state index in [0.717, 1.165) is 13.1 Å². The smallest absolute Gasteiger partial charge is 0.244 e. The van der Waals surface area contributed by atoms with Crippen LogP contribution in [-0.2, 0) is 10.0 Å². The number of benzene rings is 1. The molecule has 0 fully saturated rings. The summed E-state index contributed by atoms with van der Waals surface area (Å²) in [7, 11) is -2.17. The van der Waals surface area contributed by atoms with Gasteiger partial charge in [-0.15, -0.1) is 0 Å². The third-order valence-corrected chi connectivity index (χ3v) is 6.23. The van der Waals surface area contributed by atoms with Gasteiger partial charge in [0, 0.05) is 25.7 Å². The minimum atomic E-state index is -3.68. The van der Waals surface area contributed by atoms with Crippen LogP contribution in [0.1, 0.15) is 27.7 Å². The van der Waals surface area contributed by atoms with Crippen LogP contribution in [0, 0.1) is 5.92 Å². The summed E-state index contributed by atoms with van der Waals surface area (Å²) in [5.41, 5.74) is 0. The molecule has 0 aliphatic carbocycles. The number of hydrogen-bond acceptors (Lipinski definition) is 4. The summed E-state index contributed by atoms with van der Waals surface area (Å²) < 4.78 is 32.9. The summed E-state index contributed by atoms with van der Waals surface area (Å²) in [5.74, 6) is 0.701. The van der Waals surface area contributed by atoms with E-state index in [9.17, 15) is 8.42 Å². The SMILES string of the molecule is CCN(CC)CCN(CC(C)C)S(=O)(=O)c1cc(OC)ccc1Cl. The number of rotatable bonds is 10. The molecular weight excluding hydrogens is 348 g/mol. The maximum Gasteiger partial charge on any atom is 0.244 e. The van der Waals surface area contributed by atoms with Gasteiger partial charge >= 0.3 is 0 Å². The zero-order valence-corrected chi connectivity index (χ0v) is 16.8. The van der Waals surface area contributed by atoms with Gasteiger partial charge in [-0.3, -0.25) is 0 Å². The average Bonchev–Trinajstić information content (AvgIpc) is 2.54. The normalized spacial score (nSPS) is 12.4. The molecule has 138 valence electrons. The molecule has 1 aromatic rings. The lowest BCUT2D eigenvalue weighted by Gasteiger charge is -2.27. The van der Waals surface area contributed by atoms with Gasteiger partial charge in [-0.2, -0.15) is 4.31 Å². The summed E-state index contributed by atoms with van der Waals surface area (Å²) in [6, 6.07) is 4.71. The maximum absolute atomic E-state index is 13.1. The van der Waals surface area contributed by atoms with Gasteiger partial charge in [0.2, 0.25) is 10.0 Å². The van der Waals surface area contributed by atoms with Gasteiger partial charge < -0.3 is 9.64 Å². The number of halogens is 1. The molecular formula is C17H29ClN2O3S. The number of hydrogen-bond donors (Lipinski definition) is 0. The van der Waals surface area contributed by atoms with Gasteiger partial charge in [-0.05, 0) is 31.1 Å². The second-order valence-corrected chi connectivity index (χ2v) is 8.39. The number of nitrogens with zero attached hydrogens (tertiary/aromatic N) is 2. The fraction of sp³-hybridized carbons (Fsp3) is 0.647. The highest BCUT2D eigenvalue weighted by atomic mass is 35.5. The highest BCUT2D eigenvalue weighted by molar-refractivity contribution is 7.89. The largest absolute Gasteiger partial charge is 0.497 e. The predicted octanol–water partition coefficient (Wildman–Crippen LogP) is 3.34. The molecule has 24 heavy (non-hydrogen) atoms. The van der Waals surface area contributed by atoms with Crippen molar-refractivity contribution in [2.75, 3.05) is 39.8 Å². The van der Waals surface area contributed by atoms with Crippen molar-refractivity contribution in [1.82, 2.24) is 9.21 Å². The first-order chi connectivity index (χ1) is 11.3. The van der Waals surface area contributed by atoms with Crippen LogP contribution in [0.3, 0.4) is 0 Å². The van der Waals surface area contributed by atoms with Crippen molar-refractivity contribution in [3.05, 3.63) is 23.2 Å². The van der Waals surface area contributed by atoms with E-state index in [0.29, 0.717) is 25.4 Å². The van der Waals surface area contributed by atoms with Gasteiger partial charge in [-0.1, -0.05) is 39.3 Å². The zero-order valence-electron chi connectivity index (χ0n) is 15.3. The van der Waals surface area contributed by atoms with Crippen molar-refractivity contribution >= 4 is 21.6 Å². The van der Waals surface area contributed by atoms with Crippen molar-refractivity contribution < 1.29 is 13.2 Å². The molecule has 5 nitrogen and oxygen atoms in total. The highest BCUT2D eigenvalue weighted by Crippen LogP contribution is 2.29. The molecule has 0 saturated carbocycles. The fourth-order valence-corrected chi connectivity index (χ4v) is 4.54. The minimum absolute atomic E-state index is 0.101. The zero-order chi connectivity index (χ0) is 18.3. The first kappa shape index (κ1) is 21.2. The third kappa shape index (κ3) is 5.62. The molecule has 0 N–H and O–H groups in total.